The molecule has 0 radical (unpaired) electrons. The lowest BCUT2D eigenvalue weighted by atomic mass is 9.94. The van der Waals surface area contributed by atoms with Crippen molar-refractivity contribution in [3.63, 3.8) is 0 Å². The number of Topliss-reactive ketones (excluding diaryl/α,β-unsaturated/α-hetero) is 1. The van der Waals surface area contributed by atoms with E-state index in [2.05, 4.69) is 0 Å². The van der Waals surface area contributed by atoms with E-state index in [0.29, 0.717) is 22.4 Å². The zero-order valence-corrected chi connectivity index (χ0v) is 17.5. The monoisotopic (exact) mass is 425 g/mol. The normalized spacial score (nSPS) is 17.6. The van der Waals surface area contributed by atoms with Gasteiger partial charge in [-0.05, 0) is 42.0 Å². The van der Waals surface area contributed by atoms with E-state index in [9.17, 15) is 19.5 Å². The highest BCUT2D eigenvalue weighted by atomic mass is 16.5. The molecule has 1 unspecified atom stereocenters. The molecule has 2 aromatic rings. The summed E-state index contributed by atoms with van der Waals surface area (Å²) in [4.78, 5) is 38.7. The van der Waals surface area contributed by atoms with Gasteiger partial charge >= 0.3 is 5.97 Å². The SMILES string of the molecule is COCCN1C(=O)C(=O)C(=C(O)c2ccc(OC)cc2)C1c1ccc(C(=O)OC)cc1. The maximum absolute atomic E-state index is 12.9. The summed E-state index contributed by atoms with van der Waals surface area (Å²) < 4.78 is 14.9. The predicted octanol–water partition coefficient (Wildman–Crippen LogP) is 2.55. The molecule has 1 aliphatic rings. The molecule has 162 valence electrons. The van der Waals surface area contributed by atoms with Gasteiger partial charge in [-0.3, -0.25) is 9.59 Å². The number of nitrogens with zero attached hydrogens (tertiary/aromatic N) is 1. The van der Waals surface area contributed by atoms with Gasteiger partial charge in [0.15, 0.2) is 0 Å². The molecule has 0 aliphatic carbocycles. The second-order valence-electron chi connectivity index (χ2n) is 6.83. The summed E-state index contributed by atoms with van der Waals surface area (Å²) in [5.74, 6) is -1.71. The number of methoxy groups -OCH3 is 3. The quantitative estimate of drug-likeness (QED) is 0.315. The van der Waals surface area contributed by atoms with Gasteiger partial charge in [-0.1, -0.05) is 12.1 Å². The van der Waals surface area contributed by atoms with Gasteiger partial charge in [0.1, 0.15) is 11.5 Å². The molecule has 8 heteroatoms. The minimum absolute atomic E-state index is 0.0305. The number of likely N-dealkylation sites (tertiary alicyclic amines) is 1. The number of aliphatic hydroxyl groups excluding tert-OH is 1. The van der Waals surface area contributed by atoms with Crippen LogP contribution < -0.4 is 4.74 Å². The molecule has 0 aromatic heterocycles. The van der Waals surface area contributed by atoms with E-state index in [1.54, 1.807) is 48.5 Å². The molecule has 0 bridgehead atoms. The molecule has 8 nitrogen and oxygen atoms in total. The van der Waals surface area contributed by atoms with Crippen LogP contribution in [0.15, 0.2) is 54.1 Å². The average molecular weight is 425 g/mol. The van der Waals surface area contributed by atoms with Crippen molar-refractivity contribution in [2.24, 2.45) is 0 Å². The molecule has 1 N–H and O–H groups in total. The van der Waals surface area contributed by atoms with Gasteiger partial charge in [0.05, 0.1) is 38.0 Å². The van der Waals surface area contributed by atoms with Crippen molar-refractivity contribution in [3.8, 4) is 5.75 Å². The summed E-state index contributed by atoms with van der Waals surface area (Å²) in [6.07, 6.45) is 0. The molecule has 1 atom stereocenters. The van der Waals surface area contributed by atoms with Crippen molar-refractivity contribution >= 4 is 23.4 Å². The predicted molar refractivity (Wildman–Crippen MR) is 112 cm³/mol. The molecule has 1 amide bonds. The lowest BCUT2D eigenvalue weighted by Crippen LogP contribution is -2.32. The Hall–Kier alpha value is -3.65. The Morgan fingerprint density at radius 2 is 1.58 bits per heavy atom. The van der Waals surface area contributed by atoms with Gasteiger partial charge in [0, 0.05) is 19.2 Å². The molecule has 1 heterocycles. The number of amides is 1. The number of aliphatic hydroxyl groups is 1. The summed E-state index contributed by atoms with van der Waals surface area (Å²) in [6.45, 7) is 0.371. The van der Waals surface area contributed by atoms with Crippen molar-refractivity contribution in [2.75, 3.05) is 34.5 Å². The maximum atomic E-state index is 12.9. The van der Waals surface area contributed by atoms with Crippen LogP contribution in [-0.2, 0) is 19.1 Å². The van der Waals surface area contributed by atoms with Crippen molar-refractivity contribution in [2.45, 2.75) is 6.04 Å². The number of hydrogen-bond donors (Lipinski definition) is 1. The number of esters is 1. The summed E-state index contributed by atoms with van der Waals surface area (Å²) in [7, 11) is 4.30. The van der Waals surface area contributed by atoms with Crippen molar-refractivity contribution < 1.29 is 33.7 Å². The van der Waals surface area contributed by atoms with Crippen LogP contribution in [0.25, 0.3) is 5.76 Å². The summed E-state index contributed by atoms with van der Waals surface area (Å²) >= 11 is 0. The lowest BCUT2D eigenvalue weighted by Gasteiger charge is -2.25. The first-order valence-corrected chi connectivity index (χ1v) is 9.53. The molecule has 1 fully saturated rings. The molecule has 2 aromatic carbocycles. The number of ether oxygens (including phenoxy) is 3. The fourth-order valence-electron chi connectivity index (χ4n) is 3.47. The molecule has 1 aliphatic heterocycles. The third kappa shape index (κ3) is 4.29. The largest absolute Gasteiger partial charge is 0.507 e. The first-order chi connectivity index (χ1) is 14.9. The van der Waals surface area contributed by atoms with Crippen LogP contribution in [0.3, 0.4) is 0 Å². The standard InChI is InChI=1S/C23H23NO7/c1-29-13-12-24-19(14-4-6-16(7-5-14)23(28)31-3)18(21(26)22(24)27)20(25)15-8-10-17(30-2)11-9-15/h4-11,19,25H,12-13H2,1-3H3. The van der Waals surface area contributed by atoms with E-state index in [0.717, 1.165) is 0 Å². The van der Waals surface area contributed by atoms with Crippen molar-refractivity contribution in [3.05, 3.63) is 70.8 Å². The van der Waals surface area contributed by atoms with Crippen LogP contribution >= 0.6 is 0 Å². The van der Waals surface area contributed by atoms with Crippen LogP contribution in [-0.4, -0.2) is 62.1 Å². The Morgan fingerprint density at radius 1 is 0.968 bits per heavy atom. The van der Waals surface area contributed by atoms with Gasteiger partial charge in [-0.2, -0.15) is 0 Å². The molecule has 0 saturated carbocycles. The Balaban J connectivity index is 2.11. The van der Waals surface area contributed by atoms with Gasteiger partial charge in [0.2, 0.25) is 0 Å². The number of benzene rings is 2. The van der Waals surface area contributed by atoms with E-state index in [4.69, 9.17) is 14.2 Å². The number of carbonyl (C=O) groups is 3. The highest BCUT2D eigenvalue weighted by Crippen LogP contribution is 2.39. The van der Waals surface area contributed by atoms with E-state index >= 15 is 0 Å². The molecule has 31 heavy (non-hydrogen) atoms. The van der Waals surface area contributed by atoms with Crippen LogP contribution in [0.5, 0.6) is 5.75 Å². The van der Waals surface area contributed by atoms with Gasteiger partial charge in [-0.15, -0.1) is 0 Å². The Kier molecular flexibility index (Phi) is 6.71. The van der Waals surface area contributed by atoms with E-state index in [1.165, 1.54) is 26.2 Å². The molecular weight excluding hydrogens is 402 g/mol. The van der Waals surface area contributed by atoms with E-state index < -0.39 is 23.7 Å². The number of rotatable bonds is 7. The van der Waals surface area contributed by atoms with Crippen molar-refractivity contribution in [1.29, 1.82) is 0 Å². The van der Waals surface area contributed by atoms with Crippen molar-refractivity contribution in [1.82, 2.24) is 4.90 Å². The van der Waals surface area contributed by atoms with E-state index in [-0.39, 0.29) is 24.5 Å². The van der Waals surface area contributed by atoms with Gasteiger partial charge in [0.25, 0.3) is 11.7 Å². The van der Waals surface area contributed by atoms with Crippen LogP contribution in [0.1, 0.15) is 27.5 Å². The zero-order chi connectivity index (χ0) is 22.5. The van der Waals surface area contributed by atoms with Crippen LogP contribution in [0.2, 0.25) is 0 Å². The average Bonchev–Trinajstić information content (AvgIpc) is 3.06. The second-order valence-corrected chi connectivity index (χ2v) is 6.83. The first kappa shape index (κ1) is 22.0. The minimum Gasteiger partial charge on any atom is -0.507 e. The smallest absolute Gasteiger partial charge is 0.337 e. The topological polar surface area (TPSA) is 102 Å². The summed E-state index contributed by atoms with van der Waals surface area (Å²) in [5.41, 5.74) is 1.24. The number of hydrogen-bond acceptors (Lipinski definition) is 7. The number of carbonyl (C=O) groups excluding carboxylic acids is 3. The van der Waals surface area contributed by atoms with E-state index in [1.807, 2.05) is 0 Å². The Bertz CT molecular complexity index is 1010. The Labute approximate surface area is 179 Å². The van der Waals surface area contributed by atoms with Crippen LogP contribution in [0.4, 0.5) is 0 Å². The number of ketones is 1. The van der Waals surface area contributed by atoms with Crippen LogP contribution in [0, 0.1) is 0 Å². The summed E-state index contributed by atoms with van der Waals surface area (Å²) in [5, 5.41) is 11.0. The second kappa shape index (κ2) is 9.44. The Morgan fingerprint density at radius 3 is 2.13 bits per heavy atom. The molecule has 1 saturated heterocycles. The fraction of sp³-hybridized carbons (Fsp3) is 0.261. The third-order valence-electron chi connectivity index (χ3n) is 5.09. The maximum Gasteiger partial charge on any atom is 0.337 e. The minimum atomic E-state index is -0.830. The third-order valence-corrected chi connectivity index (χ3v) is 5.09. The van der Waals surface area contributed by atoms with Gasteiger partial charge < -0.3 is 24.2 Å². The fourth-order valence-corrected chi connectivity index (χ4v) is 3.47. The molecular formula is C23H23NO7. The highest BCUT2D eigenvalue weighted by molar-refractivity contribution is 6.46. The first-order valence-electron chi connectivity index (χ1n) is 9.53. The highest BCUT2D eigenvalue weighted by Gasteiger charge is 2.45. The molecule has 3 rings (SSSR count). The van der Waals surface area contributed by atoms with Gasteiger partial charge in [-0.25, -0.2) is 4.79 Å². The molecule has 0 spiro atoms. The lowest BCUT2D eigenvalue weighted by molar-refractivity contribution is -0.140. The summed E-state index contributed by atoms with van der Waals surface area (Å²) in [6, 6.07) is 12.0. The zero-order valence-electron chi connectivity index (χ0n) is 17.5.